The van der Waals surface area contributed by atoms with Gasteiger partial charge in [-0.05, 0) is 61.9 Å². The zero-order valence-corrected chi connectivity index (χ0v) is 13.8. The topological polar surface area (TPSA) is 66.5 Å². The molecule has 4 rings (SSSR count). The summed E-state index contributed by atoms with van der Waals surface area (Å²) < 4.78 is 0. The van der Waals surface area contributed by atoms with Crippen LogP contribution in [0.4, 0.5) is 0 Å². The van der Waals surface area contributed by atoms with Crippen molar-refractivity contribution in [2.24, 2.45) is 28.4 Å². The molecule has 4 aliphatic rings. The summed E-state index contributed by atoms with van der Waals surface area (Å²) in [6, 6.07) is 0.349. The van der Waals surface area contributed by atoms with Crippen molar-refractivity contribution in [1.82, 2.24) is 0 Å². The molecule has 0 amide bonds. The molecule has 0 aromatic carbocycles. The second-order valence-corrected chi connectivity index (χ2v) is 8.68. The Kier molecular flexibility index (Phi) is 3.03. The molecule has 3 heteroatoms. The molecule has 22 heavy (non-hydrogen) atoms. The van der Waals surface area contributed by atoms with Gasteiger partial charge in [0.25, 0.3) is 0 Å². The van der Waals surface area contributed by atoms with Crippen molar-refractivity contribution in [3.8, 4) is 0 Å². The average molecular weight is 303 g/mol. The molecule has 0 aromatic heterocycles. The number of nitrogens with two attached hydrogens (primary N) is 1. The third-order valence-corrected chi connectivity index (χ3v) is 7.64. The van der Waals surface area contributed by atoms with Crippen LogP contribution in [0, 0.1) is 22.7 Å². The van der Waals surface area contributed by atoms with E-state index in [2.05, 4.69) is 19.9 Å². The first-order chi connectivity index (χ1) is 10.3. The molecule has 0 spiro atoms. The van der Waals surface area contributed by atoms with E-state index in [0.29, 0.717) is 24.3 Å². The first-order valence-electron chi connectivity index (χ1n) is 8.89. The van der Waals surface area contributed by atoms with Gasteiger partial charge in [0.1, 0.15) is 0 Å². The number of aliphatic hydroxyl groups is 2. The molecular formula is C19H29NO2. The largest absolute Gasteiger partial charge is 0.362 e. The highest BCUT2D eigenvalue weighted by Crippen LogP contribution is 2.62. The van der Waals surface area contributed by atoms with Crippen molar-refractivity contribution < 1.29 is 10.2 Å². The summed E-state index contributed by atoms with van der Waals surface area (Å²) in [6.45, 7) is 4.71. The van der Waals surface area contributed by atoms with Crippen LogP contribution in [0.1, 0.15) is 58.8 Å². The predicted octanol–water partition coefficient (Wildman–Crippen LogP) is 2.88. The van der Waals surface area contributed by atoms with Crippen LogP contribution in [-0.2, 0) is 0 Å². The molecule has 1 saturated carbocycles. The van der Waals surface area contributed by atoms with Gasteiger partial charge in [-0.25, -0.2) is 0 Å². The first-order valence-corrected chi connectivity index (χ1v) is 8.89. The molecule has 0 heterocycles. The minimum atomic E-state index is -1.61. The maximum atomic E-state index is 9.99. The molecule has 0 radical (unpaired) electrons. The SMILES string of the molecule is C[C@]12CCC3=C(CCC4CC(O)(O)C=C[C@]34C)[C@@H]1CC[C@@H]2N. The smallest absolute Gasteiger partial charge is 0.182 e. The molecule has 0 aromatic rings. The zero-order valence-electron chi connectivity index (χ0n) is 13.8. The van der Waals surface area contributed by atoms with E-state index in [4.69, 9.17) is 5.73 Å². The third kappa shape index (κ3) is 1.85. The summed E-state index contributed by atoms with van der Waals surface area (Å²) in [4.78, 5) is 0. The van der Waals surface area contributed by atoms with Gasteiger partial charge in [0.15, 0.2) is 5.79 Å². The molecule has 1 unspecified atom stereocenters. The van der Waals surface area contributed by atoms with Crippen LogP contribution in [0.15, 0.2) is 23.3 Å². The van der Waals surface area contributed by atoms with Crippen LogP contribution in [0.2, 0.25) is 0 Å². The van der Waals surface area contributed by atoms with Crippen molar-refractivity contribution in [3.05, 3.63) is 23.3 Å². The predicted molar refractivity (Wildman–Crippen MR) is 86.8 cm³/mol. The van der Waals surface area contributed by atoms with E-state index >= 15 is 0 Å². The highest BCUT2D eigenvalue weighted by atomic mass is 16.5. The van der Waals surface area contributed by atoms with Crippen molar-refractivity contribution in [2.45, 2.75) is 70.6 Å². The molecule has 3 nitrogen and oxygen atoms in total. The number of hydrogen-bond acceptors (Lipinski definition) is 3. The Morgan fingerprint density at radius 3 is 2.64 bits per heavy atom. The Hall–Kier alpha value is -0.640. The van der Waals surface area contributed by atoms with Gasteiger partial charge < -0.3 is 15.9 Å². The van der Waals surface area contributed by atoms with E-state index in [9.17, 15) is 10.2 Å². The van der Waals surface area contributed by atoms with Gasteiger partial charge in [0.2, 0.25) is 0 Å². The van der Waals surface area contributed by atoms with Crippen molar-refractivity contribution >= 4 is 0 Å². The van der Waals surface area contributed by atoms with Gasteiger partial charge >= 0.3 is 0 Å². The molecule has 4 aliphatic carbocycles. The van der Waals surface area contributed by atoms with Gasteiger partial charge in [-0.3, -0.25) is 0 Å². The summed E-state index contributed by atoms with van der Waals surface area (Å²) in [7, 11) is 0. The fourth-order valence-electron chi connectivity index (χ4n) is 6.07. The van der Waals surface area contributed by atoms with Crippen molar-refractivity contribution in [1.29, 1.82) is 0 Å². The Labute approximate surface area is 133 Å². The quantitative estimate of drug-likeness (QED) is 0.476. The lowest BCUT2D eigenvalue weighted by Gasteiger charge is -2.53. The Balaban J connectivity index is 1.78. The van der Waals surface area contributed by atoms with Crippen molar-refractivity contribution in [3.63, 3.8) is 0 Å². The summed E-state index contributed by atoms with van der Waals surface area (Å²) in [5.41, 5.74) is 10.0. The second-order valence-electron chi connectivity index (χ2n) is 8.68. The minimum Gasteiger partial charge on any atom is -0.362 e. The number of hydrogen-bond donors (Lipinski definition) is 3. The van der Waals surface area contributed by atoms with E-state index in [0.717, 1.165) is 25.7 Å². The van der Waals surface area contributed by atoms with Gasteiger partial charge in [-0.1, -0.05) is 31.1 Å². The van der Waals surface area contributed by atoms with Gasteiger partial charge in [0.05, 0.1) is 0 Å². The fraction of sp³-hybridized carbons (Fsp3) is 0.789. The number of fused-ring (bicyclic) bond motifs is 4. The first kappa shape index (κ1) is 14.9. The van der Waals surface area contributed by atoms with Crippen LogP contribution in [0.25, 0.3) is 0 Å². The van der Waals surface area contributed by atoms with Crippen LogP contribution in [0.3, 0.4) is 0 Å². The Morgan fingerprint density at radius 2 is 1.86 bits per heavy atom. The maximum absolute atomic E-state index is 9.99. The van der Waals surface area contributed by atoms with E-state index in [1.165, 1.54) is 12.8 Å². The summed E-state index contributed by atoms with van der Waals surface area (Å²) in [6.07, 6.45) is 11.1. The third-order valence-electron chi connectivity index (χ3n) is 7.64. The highest BCUT2D eigenvalue weighted by molar-refractivity contribution is 5.38. The number of rotatable bonds is 0. The van der Waals surface area contributed by atoms with E-state index < -0.39 is 5.79 Å². The molecule has 4 N–H and O–H groups in total. The molecule has 1 fully saturated rings. The molecule has 0 aliphatic heterocycles. The van der Waals surface area contributed by atoms with Gasteiger partial charge in [0, 0.05) is 17.9 Å². The highest BCUT2D eigenvalue weighted by Gasteiger charge is 2.54. The van der Waals surface area contributed by atoms with Crippen LogP contribution >= 0.6 is 0 Å². The Bertz CT molecular complexity index is 564. The normalized spacial score (nSPS) is 49.6. The van der Waals surface area contributed by atoms with Crippen LogP contribution < -0.4 is 5.73 Å². The summed E-state index contributed by atoms with van der Waals surface area (Å²) in [5.74, 6) is -0.598. The molecule has 122 valence electrons. The summed E-state index contributed by atoms with van der Waals surface area (Å²) >= 11 is 0. The monoisotopic (exact) mass is 303 g/mol. The Morgan fingerprint density at radius 1 is 1.09 bits per heavy atom. The maximum Gasteiger partial charge on any atom is 0.182 e. The van der Waals surface area contributed by atoms with E-state index in [1.807, 2.05) is 0 Å². The van der Waals surface area contributed by atoms with Crippen LogP contribution in [0.5, 0.6) is 0 Å². The zero-order chi connectivity index (χ0) is 15.8. The molecule has 0 bridgehead atoms. The standard InChI is InChI=1S/C19H29NO2/c1-17-9-10-19(21,22)11-12(17)3-4-13-14-5-6-16(20)18(14,2)8-7-15(13)17/h9-10,12,14,16,21-22H,3-8,11,20H2,1-2H3/t12?,14-,16-,17-,18-/m0/s1. The van der Waals surface area contributed by atoms with Gasteiger partial charge in [-0.2, -0.15) is 0 Å². The number of allylic oxidation sites excluding steroid dienone is 3. The van der Waals surface area contributed by atoms with Gasteiger partial charge in [-0.15, -0.1) is 0 Å². The van der Waals surface area contributed by atoms with Crippen molar-refractivity contribution in [2.75, 3.05) is 0 Å². The van der Waals surface area contributed by atoms with Crippen LogP contribution in [-0.4, -0.2) is 22.0 Å². The molecule has 5 atom stereocenters. The molecule has 0 saturated heterocycles. The minimum absolute atomic E-state index is 0.0244. The lowest BCUT2D eigenvalue weighted by Crippen LogP contribution is -2.47. The van der Waals surface area contributed by atoms with E-state index in [-0.39, 0.29) is 10.8 Å². The fourth-order valence-corrected chi connectivity index (χ4v) is 6.07. The second kappa shape index (κ2) is 4.46. The average Bonchev–Trinajstić information content (AvgIpc) is 2.76. The summed E-state index contributed by atoms with van der Waals surface area (Å²) in [5, 5.41) is 20.0. The lowest BCUT2D eigenvalue weighted by atomic mass is 9.53. The van der Waals surface area contributed by atoms with E-state index in [1.54, 1.807) is 17.2 Å². The molecular weight excluding hydrogens is 274 g/mol. The lowest BCUT2D eigenvalue weighted by molar-refractivity contribution is -0.146.